The van der Waals surface area contributed by atoms with Crippen LogP contribution in [0.15, 0.2) is 28.0 Å². The number of hydrogen-bond donors (Lipinski definition) is 1. The van der Waals surface area contributed by atoms with Crippen molar-refractivity contribution >= 4 is 27.5 Å². The van der Waals surface area contributed by atoms with E-state index in [4.69, 9.17) is 4.74 Å². The predicted molar refractivity (Wildman–Crippen MR) is 88.3 cm³/mol. The van der Waals surface area contributed by atoms with Gasteiger partial charge in [-0.15, -0.1) is 11.3 Å². The zero-order valence-electron chi connectivity index (χ0n) is 12.6. The number of nitrogens with zero attached hydrogens (tertiary/aromatic N) is 1. The molecule has 2 heterocycles. The van der Waals surface area contributed by atoms with Crippen molar-refractivity contribution in [2.75, 3.05) is 17.9 Å². The maximum atomic E-state index is 13.5. The SMILES string of the molecule is CC1=CC(F)C(F)C=C1S(=O)Nc1nc(C2CCOCC2)cs1. The van der Waals surface area contributed by atoms with E-state index >= 15 is 0 Å². The van der Waals surface area contributed by atoms with Crippen molar-refractivity contribution in [2.24, 2.45) is 0 Å². The Kier molecular flexibility index (Phi) is 5.23. The van der Waals surface area contributed by atoms with E-state index in [1.165, 1.54) is 11.3 Å². The summed E-state index contributed by atoms with van der Waals surface area (Å²) in [6.07, 6.45) is 0.677. The van der Waals surface area contributed by atoms with Gasteiger partial charge in [-0.2, -0.15) is 0 Å². The van der Waals surface area contributed by atoms with Gasteiger partial charge in [-0.05, 0) is 37.5 Å². The van der Waals surface area contributed by atoms with E-state index in [0.29, 0.717) is 16.6 Å². The van der Waals surface area contributed by atoms with Crippen molar-refractivity contribution in [3.05, 3.63) is 33.7 Å². The molecule has 1 saturated heterocycles. The molecule has 8 heteroatoms. The van der Waals surface area contributed by atoms with Gasteiger partial charge in [0.05, 0.1) is 10.6 Å². The minimum atomic E-state index is -1.76. The standard InChI is InChI=1S/C15H18F2N2O2S2/c1-9-6-11(16)12(17)7-14(9)23(20)19-15-18-13(8-22-15)10-2-4-21-5-3-10/h6-8,10-12H,2-5H2,1H3,(H,18,19). The van der Waals surface area contributed by atoms with Crippen molar-refractivity contribution in [1.29, 1.82) is 0 Å². The van der Waals surface area contributed by atoms with E-state index in [1.807, 2.05) is 5.38 Å². The number of rotatable bonds is 4. The lowest BCUT2D eigenvalue weighted by molar-refractivity contribution is 0.0846. The molecule has 23 heavy (non-hydrogen) atoms. The molecule has 4 nitrogen and oxygen atoms in total. The highest BCUT2D eigenvalue weighted by Crippen LogP contribution is 2.31. The summed E-state index contributed by atoms with van der Waals surface area (Å²) in [5, 5.41) is 2.47. The van der Waals surface area contributed by atoms with Crippen LogP contribution in [0.2, 0.25) is 0 Å². The molecule has 0 radical (unpaired) electrons. The summed E-state index contributed by atoms with van der Waals surface area (Å²) in [6, 6.07) is 0. The van der Waals surface area contributed by atoms with Gasteiger partial charge >= 0.3 is 0 Å². The van der Waals surface area contributed by atoms with Gasteiger partial charge in [0, 0.05) is 24.5 Å². The van der Waals surface area contributed by atoms with Crippen molar-refractivity contribution in [1.82, 2.24) is 4.98 Å². The van der Waals surface area contributed by atoms with Crippen molar-refractivity contribution in [3.8, 4) is 0 Å². The lowest BCUT2D eigenvalue weighted by Crippen LogP contribution is -2.21. The molecular formula is C15H18F2N2O2S2. The number of hydrogen-bond acceptors (Lipinski definition) is 4. The summed E-state index contributed by atoms with van der Waals surface area (Å²) in [4.78, 5) is 4.74. The first-order valence-electron chi connectivity index (χ1n) is 7.45. The number of thiazole rings is 1. The molecule has 1 N–H and O–H groups in total. The van der Waals surface area contributed by atoms with Crippen molar-refractivity contribution < 1.29 is 17.7 Å². The van der Waals surface area contributed by atoms with E-state index in [-0.39, 0.29) is 4.91 Å². The van der Waals surface area contributed by atoms with Crippen LogP contribution in [0.25, 0.3) is 0 Å². The van der Waals surface area contributed by atoms with Crippen LogP contribution < -0.4 is 4.72 Å². The molecule has 1 fully saturated rings. The van der Waals surface area contributed by atoms with Crippen LogP contribution in [-0.2, 0) is 15.7 Å². The number of ether oxygens (including phenoxy) is 1. The second-order valence-electron chi connectivity index (χ2n) is 5.60. The molecule has 3 rings (SSSR count). The fourth-order valence-electron chi connectivity index (χ4n) is 2.64. The van der Waals surface area contributed by atoms with E-state index in [1.54, 1.807) is 6.92 Å². The molecule has 0 spiro atoms. The van der Waals surface area contributed by atoms with Crippen LogP contribution in [0.4, 0.5) is 13.9 Å². The van der Waals surface area contributed by atoms with Crippen LogP contribution in [-0.4, -0.2) is 34.7 Å². The number of alkyl halides is 2. The van der Waals surface area contributed by atoms with Crippen LogP contribution in [0.1, 0.15) is 31.4 Å². The molecule has 126 valence electrons. The van der Waals surface area contributed by atoms with Gasteiger partial charge in [0.25, 0.3) is 0 Å². The van der Waals surface area contributed by atoms with Crippen LogP contribution in [0.3, 0.4) is 0 Å². The molecule has 3 atom stereocenters. The van der Waals surface area contributed by atoms with Crippen LogP contribution in [0.5, 0.6) is 0 Å². The Balaban J connectivity index is 1.67. The van der Waals surface area contributed by atoms with Gasteiger partial charge in [0.15, 0.2) is 28.5 Å². The normalized spacial score (nSPS) is 27.3. The third-order valence-electron chi connectivity index (χ3n) is 3.95. The smallest absolute Gasteiger partial charge is 0.195 e. The molecule has 1 aromatic heterocycles. The van der Waals surface area contributed by atoms with Gasteiger partial charge in [-0.25, -0.2) is 18.0 Å². The summed E-state index contributed by atoms with van der Waals surface area (Å²) >= 11 is 1.37. The monoisotopic (exact) mass is 360 g/mol. The Morgan fingerprint density at radius 2 is 2.00 bits per heavy atom. The average Bonchev–Trinajstić information content (AvgIpc) is 3.00. The van der Waals surface area contributed by atoms with Crippen molar-refractivity contribution in [3.63, 3.8) is 0 Å². The van der Waals surface area contributed by atoms with Crippen LogP contribution >= 0.6 is 11.3 Å². The molecule has 0 aromatic carbocycles. The second-order valence-corrected chi connectivity index (χ2v) is 7.64. The molecule has 0 saturated carbocycles. The average molecular weight is 360 g/mol. The second kappa shape index (κ2) is 7.19. The molecule has 2 aliphatic rings. The summed E-state index contributed by atoms with van der Waals surface area (Å²) in [5.74, 6) is 0.363. The topological polar surface area (TPSA) is 51.2 Å². The van der Waals surface area contributed by atoms with E-state index in [2.05, 4.69) is 9.71 Å². The van der Waals surface area contributed by atoms with Crippen LogP contribution in [0, 0.1) is 0 Å². The highest BCUT2D eigenvalue weighted by atomic mass is 32.2. The predicted octanol–water partition coefficient (Wildman–Crippen LogP) is 3.63. The molecule has 0 amide bonds. The Bertz CT molecular complexity index is 654. The highest BCUT2D eigenvalue weighted by Gasteiger charge is 2.26. The quantitative estimate of drug-likeness (QED) is 0.892. The zero-order valence-corrected chi connectivity index (χ0v) is 14.3. The first-order valence-corrected chi connectivity index (χ1v) is 9.48. The molecule has 1 aliphatic carbocycles. The first-order chi connectivity index (χ1) is 11.0. The third-order valence-corrected chi connectivity index (χ3v) is 6.10. The molecule has 1 aliphatic heterocycles. The summed E-state index contributed by atoms with van der Waals surface area (Å²) in [7, 11) is -1.66. The fourth-order valence-corrected chi connectivity index (χ4v) is 4.62. The highest BCUT2D eigenvalue weighted by molar-refractivity contribution is 7.90. The molecule has 0 bridgehead atoms. The maximum Gasteiger partial charge on any atom is 0.195 e. The zero-order chi connectivity index (χ0) is 16.4. The number of nitrogens with one attached hydrogen (secondary N) is 1. The fraction of sp³-hybridized carbons (Fsp3) is 0.533. The largest absolute Gasteiger partial charge is 0.381 e. The third kappa shape index (κ3) is 3.87. The number of halogens is 2. The number of allylic oxidation sites excluding steroid dienone is 3. The van der Waals surface area contributed by atoms with E-state index < -0.39 is 23.3 Å². The Morgan fingerprint density at radius 1 is 1.30 bits per heavy atom. The Hall–Kier alpha value is -1.12. The molecule has 3 unspecified atom stereocenters. The van der Waals surface area contributed by atoms with Gasteiger partial charge in [-0.3, -0.25) is 4.72 Å². The first kappa shape index (κ1) is 16.7. The summed E-state index contributed by atoms with van der Waals surface area (Å²) in [6.45, 7) is 3.09. The summed E-state index contributed by atoms with van der Waals surface area (Å²) < 4.78 is 47.2. The van der Waals surface area contributed by atoms with E-state index in [9.17, 15) is 13.0 Å². The van der Waals surface area contributed by atoms with Crippen molar-refractivity contribution in [2.45, 2.75) is 38.0 Å². The van der Waals surface area contributed by atoms with Gasteiger partial charge in [0.1, 0.15) is 0 Å². The lowest BCUT2D eigenvalue weighted by Gasteiger charge is -2.20. The van der Waals surface area contributed by atoms with E-state index in [0.717, 1.165) is 43.9 Å². The number of aromatic nitrogens is 1. The van der Waals surface area contributed by atoms with Gasteiger partial charge < -0.3 is 4.74 Å². The lowest BCUT2D eigenvalue weighted by atomic mass is 9.98. The van der Waals surface area contributed by atoms with Gasteiger partial charge in [-0.1, -0.05) is 0 Å². The Morgan fingerprint density at radius 3 is 2.74 bits per heavy atom. The Labute approximate surface area is 140 Å². The number of anilines is 1. The summed E-state index contributed by atoms with van der Waals surface area (Å²) in [5.41, 5.74) is 1.45. The minimum absolute atomic E-state index is 0.272. The molecular weight excluding hydrogens is 342 g/mol. The van der Waals surface area contributed by atoms with Gasteiger partial charge in [0.2, 0.25) is 0 Å². The molecule has 1 aromatic rings. The maximum absolute atomic E-state index is 13.5. The minimum Gasteiger partial charge on any atom is -0.381 e.